The molecule has 0 fully saturated rings. The Balaban J connectivity index is 1.63. The van der Waals surface area contributed by atoms with Gasteiger partial charge in [-0.3, -0.25) is 14.6 Å². The zero-order valence-corrected chi connectivity index (χ0v) is 15.2. The molecule has 1 heterocycles. The topological polar surface area (TPSA) is 71.5 Å². The van der Waals surface area contributed by atoms with Crippen LogP contribution in [0.3, 0.4) is 0 Å². The number of pyridine rings is 1. The van der Waals surface area contributed by atoms with E-state index in [0.717, 1.165) is 17.5 Å². The van der Waals surface area contributed by atoms with E-state index in [1.54, 1.807) is 24.4 Å². The average Bonchev–Trinajstić information content (AvgIpc) is 2.67. The van der Waals surface area contributed by atoms with Gasteiger partial charge in [0.25, 0.3) is 5.91 Å². The molecule has 3 aromatic rings. The number of hydrogen-bond donors (Lipinski definition) is 1. The van der Waals surface area contributed by atoms with Crippen LogP contribution < -0.4 is 10.1 Å². The number of aromatic nitrogens is 1. The largest absolute Gasteiger partial charge is 0.573 e. The minimum atomic E-state index is -4.79. The third-order valence-corrected chi connectivity index (χ3v) is 3.96. The highest BCUT2D eigenvalue weighted by Gasteiger charge is 2.31. The van der Waals surface area contributed by atoms with Crippen molar-refractivity contribution < 1.29 is 27.5 Å². The summed E-state index contributed by atoms with van der Waals surface area (Å²) >= 11 is 0. The number of anilines is 1. The summed E-state index contributed by atoms with van der Waals surface area (Å²) in [4.78, 5) is 30.4. The summed E-state index contributed by atoms with van der Waals surface area (Å²) in [6.45, 7) is -0.247. The van der Waals surface area contributed by atoms with Crippen molar-refractivity contribution in [2.75, 3.05) is 18.9 Å². The van der Waals surface area contributed by atoms with Crippen LogP contribution in [-0.2, 0) is 4.79 Å². The van der Waals surface area contributed by atoms with Crippen LogP contribution in [0.5, 0.6) is 5.75 Å². The number of ether oxygens (including phenoxy) is 1. The number of likely N-dealkylation sites (N-methyl/N-ethyl adjacent to an activating group) is 1. The van der Waals surface area contributed by atoms with Gasteiger partial charge in [0.15, 0.2) is 0 Å². The molecule has 0 atom stereocenters. The molecular weight excluding hydrogens is 387 g/mol. The number of rotatable bonds is 5. The van der Waals surface area contributed by atoms with Crippen molar-refractivity contribution >= 4 is 28.4 Å². The molecule has 0 aliphatic heterocycles. The van der Waals surface area contributed by atoms with Gasteiger partial charge in [-0.1, -0.05) is 18.2 Å². The van der Waals surface area contributed by atoms with Gasteiger partial charge in [0.05, 0.1) is 17.6 Å². The monoisotopic (exact) mass is 403 g/mol. The first-order chi connectivity index (χ1) is 13.7. The second kappa shape index (κ2) is 8.17. The quantitative estimate of drug-likeness (QED) is 0.703. The molecule has 0 saturated heterocycles. The number of carbonyl (C=O) groups is 2. The normalized spacial score (nSPS) is 11.2. The van der Waals surface area contributed by atoms with E-state index in [1.807, 2.05) is 12.1 Å². The number of nitrogens with one attached hydrogen (secondary N) is 1. The second-order valence-corrected chi connectivity index (χ2v) is 6.16. The smallest absolute Gasteiger partial charge is 0.406 e. The van der Waals surface area contributed by atoms with Crippen LogP contribution in [0.4, 0.5) is 18.9 Å². The van der Waals surface area contributed by atoms with Gasteiger partial charge in [0.1, 0.15) is 5.75 Å². The Hall–Kier alpha value is -3.62. The Morgan fingerprint density at radius 2 is 1.76 bits per heavy atom. The molecule has 3 rings (SSSR count). The van der Waals surface area contributed by atoms with Crippen molar-refractivity contribution in [2.24, 2.45) is 0 Å². The highest BCUT2D eigenvalue weighted by molar-refractivity contribution is 6.06. The number of nitrogens with zero attached hydrogens (tertiary/aromatic N) is 2. The maximum Gasteiger partial charge on any atom is 0.573 e. The number of halogens is 3. The molecule has 29 heavy (non-hydrogen) atoms. The lowest BCUT2D eigenvalue weighted by molar-refractivity contribution is -0.274. The van der Waals surface area contributed by atoms with E-state index in [4.69, 9.17) is 0 Å². The van der Waals surface area contributed by atoms with E-state index in [-0.39, 0.29) is 18.1 Å². The van der Waals surface area contributed by atoms with Gasteiger partial charge >= 0.3 is 6.36 Å². The van der Waals surface area contributed by atoms with E-state index in [0.29, 0.717) is 11.1 Å². The molecule has 1 N–H and O–H groups in total. The summed E-state index contributed by atoms with van der Waals surface area (Å²) in [5.41, 5.74) is 1.18. The van der Waals surface area contributed by atoms with Gasteiger partial charge < -0.3 is 15.0 Å². The Kier molecular flexibility index (Phi) is 5.67. The molecule has 0 radical (unpaired) electrons. The third kappa shape index (κ3) is 5.22. The third-order valence-electron chi connectivity index (χ3n) is 3.96. The van der Waals surface area contributed by atoms with E-state index in [9.17, 15) is 22.8 Å². The molecule has 150 valence electrons. The predicted octanol–water partition coefficient (Wildman–Crippen LogP) is 3.84. The van der Waals surface area contributed by atoms with E-state index >= 15 is 0 Å². The van der Waals surface area contributed by atoms with Gasteiger partial charge in [0.2, 0.25) is 5.91 Å². The number of benzene rings is 2. The van der Waals surface area contributed by atoms with Crippen LogP contribution in [0.15, 0.2) is 60.8 Å². The van der Waals surface area contributed by atoms with Crippen molar-refractivity contribution in [1.82, 2.24) is 9.88 Å². The average molecular weight is 403 g/mol. The summed E-state index contributed by atoms with van der Waals surface area (Å²) in [5.74, 6) is -1.27. The molecule has 0 saturated carbocycles. The zero-order chi connectivity index (χ0) is 21.0. The van der Waals surface area contributed by atoms with Gasteiger partial charge in [-0.15, -0.1) is 13.2 Å². The Bertz CT molecular complexity index is 1030. The summed E-state index contributed by atoms with van der Waals surface area (Å²) in [6, 6.07) is 13.5. The molecule has 0 aliphatic rings. The van der Waals surface area contributed by atoms with Crippen LogP contribution in [-0.4, -0.2) is 41.7 Å². The molecular formula is C20H16F3N3O3. The van der Waals surface area contributed by atoms with Crippen molar-refractivity contribution in [3.05, 3.63) is 66.4 Å². The number of fused-ring (bicyclic) bond motifs is 1. The number of amides is 2. The van der Waals surface area contributed by atoms with Crippen molar-refractivity contribution in [3.63, 3.8) is 0 Å². The molecule has 1 aromatic heterocycles. The van der Waals surface area contributed by atoms with Gasteiger partial charge in [0, 0.05) is 24.3 Å². The molecule has 0 unspecified atom stereocenters. The lowest BCUT2D eigenvalue weighted by Gasteiger charge is -2.18. The molecule has 2 aromatic carbocycles. The Labute approximate surface area is 163 Å². The first kappa shape index (κ1) is 20.1. The van der Waals surface area contributed by atoms with Gasteiger partial charge in [-0.2, -0.15) is 0 Å². The van der Waals surface area contributed by atoms with E-state index in [2.05, 4.69) is 15.0 Å². The summed E-state index contributed by atoms with van der Waals surface area (Å²) in [5, 5.41) is 3.32. The standard InChI is InChI=1S/C20H16F3N3O3/c1-26(19(28)16-6-2-4-13-5-3-11-24-18(13)16)12-17(27)25-14-7-9-15(10-8-14)29-20(21,22)23/h2-11H,12H2,1H3,(H,25,27). The maximum absolute atomic E-state index is 12.7. The van der Waals surface area contributed by atoms with Crippen molar-refractivity contribution in [1.29, 1.82) is 0 Å². The number of hydrogen-bond acceptors (Lipinski definition) is 4. The molecule has 0 aliphatic carbocycles. The molecule has 2 amide bonds. The summed E-state index contributed by atoms with van der Waals surface area (Å²) in [7, 11) is 1.48. The molecule has 0 spiro atoms. The van der Waals surface area contributed by atoms with E-state index < -0.39 is 18.0 Å². The van der Waals surface area contributed by atoms with Crippen LogP contribution in [0, 0.1) is 0 Å². The molecule has 9 heteroatoms. The number of carbonyl (C=O) groups excluding carboxylic acids is 2. The zero-order valence-electron chi connectivity index (χ0n) is 15.2. The fourth-order valence-corrected chi connectivity index (χ4v) is 2.71. The van der Waals surface area contributed by atoms with Gasteiger partial charge in [-0.05, 0) is 36.4 Å². The Morgan fingerprint density at radius 3 is 2.45 bits per heavy atom. The first-order valence-corrected chi connectivity index (χ1v) is 8.48. The van der Waals surface area contributed by atoms with Crippen molar-refractivity contribution in [3.8, 4) is 5.75 Å². The Morgan fingerprint density at radius 1 is 1.07 bits per heavy atom. The first-order valence-electron chi connectivity index (χ1n) is 8.48. The van der Waals surface area contributed by atoms with Crippen LogP contribution in [0.2, 0.25) is 0 Å². The van der Waals surface area contributed by atoms with Crippen LogP contribution in [0.1, 0.15) is 10.4 Å². The fourth-order valence-electron chi connectivity index (χ4n) is 2.71. The highest BCUT2D eigenvalue weighted by atomic mass is 19.4. The predicted molar refractivity (Wildman–Crippen MR) is 100 cm³/mol. The molecule has 0 bridgehead atoms. The maximum atomic E-state index is 12.7. The number of alkyl halides is 3. The SMILES string of the molecule is CN(CC(=O)Nc1ccc(OC(F)(F)F)cc1)C(=O)c1cccc2cccnc12. The summed E-state index contributed by atoms with van der Waals surface area (Å²) in [6.07, 6.45) is -3.21. The minimum absolute atomic E-state index is 0.247. The molecule has 6 nitrogen and oxygen atoms in total. The fraction of sp³-hybridized carbons (Fsp3) is 0.150. The second-order valence-electron chi connectivity index (χ2n) is 6.16. The van der Waals surface area contributed by atoms with E-state index in [1.165, 1.54) is 24.1 Å². The van der Waals surface area contributed by atoms with Crippen LogP contribution in [0.25, 0.3) is 10.9 Å². The summed E-state index contributed by atoms with van der Waals surface area (Å²) < 4.78 is 40.3. The minimum Gasteiger partial charge on any atom is -0.406 e. The van der Waals surface area contributed by atoms with Crippen molar-refractivity contribution in [2.45, 2.75) is 6.36 Å². The lowest BCUT2D eigenvalue weighted by Crippen LogP contribution is -2.35. The highest BCUT2D eigenvalue weighted by Crippen LogP contribution is 2.24. The van der Waals surface area contributed by atoms with Gasteiger partial charge in [-0.25, -0.2) is 0 Å². The van der Waals surface area contributed by atoms with Crippen LogP contribution >= 0.6 is 0 Å². The lowest BCUT2D eigenvalue weighted by atomic mass is 10.1. The number of para-hydroxylation sites is 1.